The third-order valence-corrected chi connectivity index (χ3v) is 3.51. The Labute approximate surface area is 79.4 Å². The Morgan fingerprint density at radius 1 is 1.38 bits per heavy atom. The van der Waals surface area contributed by atoms with Crippen molar-refractivity contribution in [3.8, 4) is 0 Å². The van der Waals surface area contributed by atoms with Crippen molar-refractivity contribution in [2.75, 3.05) is 11.4 Å². The van der Waals surface area contributed by atoms with Crippen molar-refractivity contribution in [1.29, 1.82) is 0 Å². The lowest BCUT2D eigenvalue weighted by molar-refractivity contribution is 0.702. The summed E-state index contributed by atoms with van der Waals surface area (Å²) in [6, 6.07) is 7.54. The van der Waals surface area contributed by atoms with Crippen molar-refractivity contribution in [3.05, 3.63) is 29.3 Å². The molecule has 0 saturated carbocycles. The predicted octanol–water partition coefficient (Wildman–Crippen LogP) is 2.52. The quantitative estimate of drug-likeness (QED) is 0.582. The fourth-order valence-corrected chi connectivity index (χ4v) is 2.82. The summed E-state index contributed by atoms with van der Waals surface area (Å²) in [6.07, 6.45) is 4.08. The maximum atomic E-state index is 2.60. The lowest BCUT2D eigenvalue weighted by atomic mass is 10.0. The van der Waals surface area contributed by atoms with Gasteiger partial charge in [-0.2, -0.15) is 0 Å². The highest BCUT2D eigenvalue weighted by atomic mass is 15.2. The number of aryl methyl sites for hydroxylation is 1. The minimum absolute atomic E-state index is 0.830. The Bertz CT molecular complexity index is 343. The van der Waals surface area contributed by atoms with Crippen LogP contribution in [0.25, 0.3) is 0 Å². The van der Waals surface area contributed by atoms with Crippen molar-refractivity contribution in [1.82, 2.24) is 0 Å². The van der Waals surface area contributed by atoms with E-state index >= 15 is 0 Å². The second-order valence-corrected chi connectivity index (χ2v) is 4.27. The van der Waals surface area contributed by atoms with Gasteiger partial charge < -0.3 is 4.90 Å². The summed E-state index contributed by atoms with van der Waals surface area (Å²) in [5.74, 6) is 0. The molecule has 0 spiro atoms. The second-order valence-electron chi connectivity index (χ2n) is 4.27. The van der Waals surface area contributed by atoms with Gasteiger partial charge in [-0.1, -0.05) is 12.1 Å². The van der Waals surface area contributed by atoms with Gasteiger partial charge in [0, 0.05) is 18.3 Å². The van der Waals surface area contributed by atoms with E-state index in [0.29, 0.717) is 0 Å². The zero-order chi connectivity index (χ0) is 8.84. The summed E-state index contributed by atoms with van der Waals surface area (Å²) in [4.78, 5) is 2.60. The van der Waals surface area contributed by atoms with Crippen molar-refractivity contribution in [3.63, 3.8) is 0 Å². The maximum absolute atomic E-state index is 2.60. The van der Waals surface area contributed by atoms with Gasteiger partial charge in [-0.3, -0.25) is 0 Å². The summed E-state index contributed by atoms with van der Waals surface area (Å²) in [7, 11) is 0. The third kappa shape index (κ3) is 0.932. The van der Waals surface area contributed by atoms with Gasteiger partial charge in [0.1, 0.15) is 0 Å². The molecule has 0 aromatic heterocycles. The van der Waals surface area contributed by atoms with Crippen LogP contribution in [0.3, 0.4) is 0 Å². The molecular weight excluding hydrogens is 158 g/mol. The fourth-order valence-electron chi connectivity index (χ4n) is 2.82. The van der Waals surface area contributed by atoms with Gasteiger partial charge in [-0.15, -0.1) is 0 Å². The molecule has 0 bridgehead atoms. The highest BCUT2D eigenvalue weighted by Crippen LogP contribution is 2.38. The lowest BCUT2D eigenvalue weighted by Crippen LogP contribution is -2.24. The molecule has 0 radical (unpaired) electrons. The molecule has 0 aliphatic carbocycles. The van der Waals surface area contributed by atoms with Gasteiger partial charge in [0.15, 0.2) is 0 Å². The van der Waals surface area contributed by atoms with E-state index in [9.17, 15) is 0 Å². The van der Waals surface area contributed by atoms with Crippen molar-refractivity contribution < 1.29 is 0 Å². The highest BCUT2D eigenvalue weighted by Gasteiger charge is 2.33. The topological polar surface area (TPSA) is 3.24 Å². The van der Waals surface area contributed by atoms with Crippen molar-refractivity contribution in [2.24, 2.45) is 0 Å². The number of hydrogen-bond acceptors (Lipinski definition) is 1. The Kier molecular flexibility index (Phi) is 1.43. The molecule has 2 aliphatic rings. The average Bonchev–Trinajstić information content (AvgIpc) is 2.65. The molecule has 1 saturated heterocycles. The first-order valence-electron chi connectivity index (χ1n) is 5.21. The Balaban J connectivity index is 2.12. The van der Waals surface area contributed by atoms with Gasteiger partial charge in [-0.05, 0) is 43.4 Å². The summed E-state index contributed by atoms with van der Waals surface area (Å²) in [5, 5.41) is 0. The summed E-state index contributed by atoms with van der Waals surface area (Å²) >= 11 is 0. The van der Waals surface area contributed by atoms with E-state index in [1.807, 2.05) is 0 Å². The SMILES string of the molecule is Cc1cccc2c1CC1CCCN21. The number of hydrogen-bond donors (Lipinski definition) is 0. The third-order valence-electron chi connectivity index (χ3n) is 3.51. The molecule has 1 aromatic carbocycles. The van der Waals surface area contributed by atoms with Crippen LogP contribution in [0.15, 0.2) is 18.2 Å². The minimum atomic E-state index is 0.830. The van der Waals surface area contributed by atoms with Crippen LogP contribution >= 0.6 is 0 Å². The number of nitrogens with zero attached hydrogens (tertiary/aromatic N) is 1. The summed E-state index contributed by atoms with van der Waals surface area (Å²) < 4.78 is 0. The molecule has 1 fully saturated rings. The standard InChI is InChI=1S/C12H15N/c1-9-4-2-6-12-11(9)8-10-5-3-7-13(10)12/h2,4,6,10H,3,5,7-8H2,1H3. The first-order chi connectivity index (χ1) is 6.36. The Hall–Kier alpha value is -0.980. The van der Waals surface area contributed by atoms with E-state index in [-0.39, 0.29) is 0 Å². The number of benzene rings is 1. The summed E-state index contributed by atoms with van der Waals surface area (Å²) in [5.41, 5.74) is 4.60. The summed E-state index contributed by atoms with van der Waals surface area (Å²) in [6.45, 7) is 3.52. The van der Waals surface area contributed by atoms with E-state index in [1.54, 1.807) is 5.56 Å². The molecule has 68 valence electrons. The van der Waals surface area contributed by atoms with Gasteiger partial charge in [0.2, 0.25) is 0 Å². The molecule has 1 atom stereocenters. The molecule has 0 N–H and O–H groups in total. The number of anilines is 1. The first kappa shape index (κ1) is 7.43. The Morgan fingerprint density at radius 3 is 3.23 bits per heavy atom. The highest BCUT2D eigenvalue weighted by molar-refractivity contribution is 5.62. The number of rotatable bonds is 0. The monoisotopic (exact) mass is 173 g/mol. The van der Waals surface area contributed by atoms with E-state index in [0.717, 1.165) is 6.04 Å². The van der Waals surface area contributed by atoms with Gasteiger partial charge in [0.05, 0.1) is 0 Å². The van der Waals surface area contributed by atoms with E-state index in [2.05, 4.69) is 30.0 Å². The van der Waals surface area contributed by atoms with Crippen LogP contribution in [0.1, 0.15) is 24.0 Å². The number of fused-ring (bicyclic) bond motifs is 3. The molecule has 13 heavy (non-hydrogen) atoms. The maximum Gasteiger partial charge on any atom is 0.0404 e. The zero-order valence-electron chi connectivity index (χ0n) is 8.09. The molecule has 2 heterocycles. The average molecular weight is 173 g/mol. The van der Waals surface area contributed by atoms with Crippen LogP contribution in [-0.4, -0.2) is 12.6 Å². The van der Waals surface area contributed by atoms with E-state index in [1.165, 1.54) is 37.1 Å². The van der Waals surface area contributed by atoms with Crippen LogP contribution in [0.2, 0.25) is 0 Å². The van der Waals surface area contributed by atoms with Gasteiger partial charge in [-0.25, -0.2) is 0 Å². The van der Waals surface area contributed by atoms with Crippen LogP contribution < -0.4 is 4.90 Å². The van der Waals surface area contributed by atoms with E-state index in [4.69, 9.17) is 0 Å². The van der Waals surface area contributed by atoms with Crippen LogP contribution in [0.5, 0.6) is 0 Å². The Morgan fingerprint density at radius 2 is 2.31 bits per heavy atom. The molecule has 1 heteroatoms. The van der Waals surface area contributed by atoms with Crippen LogP contribution in [-0.2, 0) is 6.42 Å². The molecule has 1 nitrogen and oxygen atoms in total. The second kappa shape index (κ2) is 2.50. The van der Waals surface area contributed by atoms with Crippen LogP contribution in [0, 0.1) is 6.92 Å². The normalized spacial score (nSPS) is 24.7. The van der Waals surface area contributed by atoms with Crippen LogP contribution in [0.4, 0.5) is 5.69 Å². The zero-order valence-corrected chi connectivity index (χ0v) is 8.09. The molecule has 1 aromatic rings. The minimum Gasteiger partial charge on any atom is -0.368 e. The van der Waals surface area contributed by atoms with Gasteiger partial charge >= 0.3 is 0 Å². The van der Waals surface area contributed by atoms with Crippen molar-refractivity contribution >= 4 is 5.69 Å². The van der Waals surface area contributed by atoms with E-state index < -0.39 is 0 Å². The lowest BCUT2D eigenvalue weighted by Gasteiger charge is -2.18. The molecule has 2 aliphatic heterocycles. The van der Waals surface area contributed by atoms with Crippen molar-refractivity contribution in [2.45, 2.75) is 32.2 Å². The first-order valence-corrected chi connectivity index (χ1v) is 5.21. The molecule has 3 rings (SSSR count). The molecular formula is C12H15N. The largest absolute Gasteiger partial charge is 0.368 e. The molecule has 1 unspecified atom stereocenters. The smallest absolute Gasteiger partial charge is 0.0404 e. The van der Waals surface area contributed by atoms with Gasteiger partial charge in [0.25, 0.3) is 0 Å². The fraction of sp³-hybridized carbons (Fsp3) is 0.500. The predicted molar refractivity (Wildman–Crippen MR) is 55.3 cm³/mol. The molecule has 0 amide bonds.